The standard InChI is InChI=1S/C16H18N4O3/c1-10(21)11(6-17)4-5-12-7-18-15-14(12)20-13(8-19-15)23-9-16(2,3)22/h4,7-8,22H,5,9H2,1-3H3,(H,18,19). The van der Waals surface area contributed by atoms with E-state index in [2.05, 4.69) is 15.0 Å². The van der Waals surface area contributed by atoms with Crippen LogP contribution in [0, 0.1) is 11.3 Å². The van der Waals surface area contributed by atoms with Crippen LogP contribution in [0.4, 0.5) is 0 Å². The molecule has 0 bridgehead atoms. The Labute approximate surface area is 133 Å². The van der Waals surface area contributed by atoms with Gasteiger partial charge in [0.2, 0.25) is 5.88 Å². The van der Waals surface area contributed by atoms with Gasteiger partial charge in [0, 0.05) is 11.8 Å². The van der Waals surface area contributed by atoms with Gasteiger partial charge in [0.1, 0.15) is 18.2 Å². The van der Waals surface area contributed by atoms with Gasteiger partial charge in [-0.05, 0) is 27.2 Å². The first-order valence-corrected chi connectivity index (χ1v) is 7.09. The maximum absolute atomic E-state index is 11.3. The first-order chi connectivity index (χ1) is 10.8. The Hall–Kier alpha value is -2.72. The Bertz CT molecular complexity index is 794. The number of allylic oxidation sites excluding steroid dienone is 2. The van der Waals surface area contributed by atoms with Crippen molar-refractivity contribution in [1.82, 2.24) is 15.0 Å². The number of rotatable bonds is 6. The molecule has 7 nitrogen and oxygen atoms in total. The molecule has 2 aromatic rings. The molecule has 0 saturated heterocycles. The third-order valence-corrected chi connectivity index (χ3v) is 3.04. The normalized spacial score (nSPS) is 12.2. The van der Waals surface area contributed by atoms with Crippen molar-refractivity contribution >= 4 is 16.9 Å². The van der Waals surface area contributed by atoms with Crippen LogP contribution in [0.1, 0.15) is 26.3 Å². The Kier molecular flexibility index (Phi) is 4.77. The Morgan fingerprint density at radius 3 is 2.91 bits per heavy atom. The quantitative estimate of drug-likeness (QED) is 0.620. The van der Waals surface area contributed by atoms with Gasteiger partial charge in [0.05, 0.1) is 17.4 Å². The molecule has 0 aliphatic carbocycles. The number of ketones is 1. The molecule has 0 radical (unpaired) electrons. The van der Waals surface area contributed by atoms with Crippen LogP contribution in [-0.4, -0.2) is 38.0 Å². The lowest BCUT2D eigenvalue weighted by Gasteiger charge is -2.16. The number of H-pyrrole nitrogens is 1. The van der Waals surface area contributed by atoms with E-state index in [0.717, 1.165) is 5.56 Å². The van der Waals surface area contributed by atoms with Crippen LogP contribution in [0.3, 0.4) is 0 Å². The number of aromatic amines is 1. The second-order valence-electron chi connectivity index (χ2n) is 5.81. The molecule has 2 N–H and O–H groups in total. The molecule has 2 heterocycles. The fourth-order valence-corrected chi connectivity index (χ4v) is 1.88. The number of nitrogens with zero attached hydrogens (tertiary/aromatic N) is 3. The largest absolute Gasteiger partial charge is 0.474 e. The second-order valence-corrected chi connectivity index (χ2v) is 5.81. The van der Waals surface area contributed by atoms with Crippen LogP contribution in [-0.2, 0) is 11.2 Å². The van der Waals surface area contributed by atoms with E-state index in [9.17, 15) is 9.90 Å². The number of hydrogen-bond donors (Lipinski definition) is 2. The van der Waals surface area contributed by atoms with Crippen molar-refractivity contribution in [3.8, 4) is 11.9 Å². The summed E-state index contributed by atoms with van der Waals surface area (Å²) in [7, 11) is 0. The van der Waals surface area contributed by atoms with Crippen LogP contribution in [0.15, 0.2) is 24.0 Å². The molecule has 120 valence electrons. The summed E-state index contributed by atoms with van der Waals surface area (Å²) < 4.78 is 5.43. The van der Waals surface area contributed by atoms with Crippen molar-refractivity contribution in [3.05, 3.63) is 29.6 Å². The fourth-order valence-electron chi connectivity index (χ4n) is 1.88. The lowest BCUT2D eigenvalue weighted by molar-refractivity contribution is -0.113. The average molecular weight is 314 g/mol. The summed E-state index contributed by atoms with van der Waals surface area (Å²) in [5, 5.41) is 18.6. The van der Waals surface area contributed by atoms with Gasteiger partial charge in [-0.1, -0.05) is 6.08 Å². The van der Waals surface area contributed by atoms with Gasteiger partial charge in [-0.25, -0.2) is 9.97 Å². The third kappa shape index (κ3) is 4.37. The topological polar surface area (TPSA) is 112 Å². The van der Waals surface area contributed by atoms with Gasteiger partial charge >= 0.3 is 0 Å². The van der Waals surface area contributed by atoms with Crippen molar-refractivity contribution in [2.45, 2.75) is 32.8 Å². The van der Waals surface area contributed by atoms with Crippen molar-refractivity contribution in [2.24, 2.45) is 0 Å². The van der Waals surface area contributed by atoms with E-state index in [1.54, 1.807) is 26.1 Å². The number of Topliss-reactive ketones (excluding diaryl/α,β-unsaturated/α-hetero) is 1. The maximum Gasteiger partial charge on any atom is 0.233 e. The van der Waals surface area contributed by atoms with Crippen molar-refractivity contribution in [3.63, 3.8) is 0 Å². The van der Waals surface area contributed by atoms with Crippen LogP contribution in [0.25, 0.3) is 11.2 Å². The molecule has 2 rings (SSSR count). The van der Waals surface area contributed by atoms with E-state index in [1.165, 1.54) is 13.1 Å². The molecular formula is C16H18N4O3. The van der Waals surface area contributed by atoms with Gasteiger partial charge in [0.15, 0.2) is 11.4 Å². The summed E-state index contributed by atoms with van der Waals surface area (Å²) in [6.07, 6.45) is 5.15. The van der Waals surface area contributed by atoms with Gasteiger partial charge in [-0.3, -0.25) is 4.79 Å². The van der Waals surface area contributed by atoms with Gasteiger partial charge in [-0.2, -0.15) is 5.26 Å². The predicted octanol–water partition coefficient (Wildman–Crippen LogP) is 1.69. The number of fused-ring (bicyclic) bond motifs is 1. The van der Waals surface area contributed by atoms with Crippen molar-refractivity contribution in [1.29, 1.82) is 5.26 Å². The minimum atomic E-state index is -0.969. The SMILES string of the molecule is CC(=O)C(C#N)=CCc1c[nH]c2ncc(OCC(C)(C)O)nc12. The summed E-state index contributed by atoms with van der Waals surface area (Å²) in [6.45, 7) is 4.72. The number of carbonyl (C=O) groups excluding carboxylic acids is 1. The lowest BCUT2D eigenvalue weighted by atomic mass is 10.1. The molecule has 0 amide bonds. The van der Waals surface area contributed by atoms with Crippen molar-refractivity contribution in [2.75, 3.05) is 6.61 Å². The third-order valence-electron chi connectivity index (χ3n) is 3.04. The molecular weight excluding hydrogens is 296 g/mol. The highest BCUT2D eigenvalue weighted by molar-refractivity contribution is 5.97. The average Bonchev–Trinajstić information content (AvgIpc) is 2.87. The van der Waals surface area contributed by atoms with Gasteiger partial charge in [0.25, 0.3) is 0 Å². The Balaban J connectivity index is 2.25. The van der Waals surface area contributed by atoms with Crippen molar-refractivity contribution < 1.29 is 14.6 Å². The van der Waals surface area contributed by atoms with Crippen LogP contribution >= 0.6 is 0 Å². The number of hydrogen-bond acceptors (Lipinski definition) is 6. The molecule has 0 aliphatic heterocycles. The molecule has 23 heavy (non-hydrogen) atoms. The van der Waals surface area contributed by atoms with Crippen LogP contribution < -0.4 is 4.74 Å². The van der Waals surface area contributed by atoms with Gasteiger partial charge in [-0.15, -0.1) is 0 Å². The fraction of sp³-hybridized carbons (Fsp3) is 0.375. The van der Waals surface area contributed by atoms with E-state index in [1.807, 2.05) is 6.07 Å². The monoisotopic (exact) mass is 314 g/mol. The van der Waals surface area contributed by atoms with Gasteiger partial charge < -0.3 is 14.8 Å². The Morgan fingerprint density at radius 1 is 1.57 bits per heavy atom. The number of aromatic nitrogens is 3. The first-order valence-electron chi connectivity index (χ1n) is 7.09. The molecule has 0 spiro atoms. The first kappa shape index (κ1) is 16.6. The maximum atomic E-state index is 11.3. The highest BCUT2D eigenvalue weighted by atomic mass is 16.5. The molecule has 0 saturated carbocycles. The number of carbonyl (C=O) groups is 1. The summed E-state index contributed by atoms with van der Waals surface area (Å²) >= 11 is 0. The van der Waals surface area contributed by atoms with Crippen LogP contribution in [0.2, 0.25) is 0 Å². The molecule has 0 unspecified atom stereocenters. The number of aliphatic hydroxyl groups is 1. The van der Waals surface area contributed by atoms with E-state index >= 15 is 0 Å². The van der Waals surface area contributed by atoms with E-state index < -0.39 is 5.60 Å². The highest BCUT2D eigenvalue weighted by Gasteiger charge is 2.15. The smallest absolute Gasteiger partial charge is 0.233 e. The number of nitriles is 1. The number of nitrogens with one attached hydrogen (secondary N) is 1. The number of ether oxygens (including phenoxy) is 1. The molecule has 0 fully saturated rings. The summed E-state index contributed by atoms with van der Waals surface area (Å²) in [6, 6.07) is 1.87. The van der Waals surface area contributed by atoms with Crippen LogP contribution in [0.5, 0.6) is 5.88 Å². The van der Waals surface area contributed by atoms with E-state index in [0.29, 0.717) is 23.5 Å². The summed E-state index contributed by atoms with van der Waals surface area (Å²) in [5.41, 5.74) is 1.14. The predicted molar refractivity (Wildman–Crippen MR) is 83.8 cm³/mol. The zero-order chi connectivity index (χ0) is 17.0. The minimum Gasteiger partial charge on any atom is -0.474 e. The summed E-state index contributed by atoms with van der Waals surface area (Å²) in [4.78, 5) is 22.8. The molecule has 7 heteroatoms. The molecule has 0 atom stereocenters. The van der Waals surface area contributed by atoms with E-state index in [4.69, 9.17) is 10.00 Å². The zero-order valence-corrected chi connectivity index (χ0v) is 13.3. The molecule has 2 aromatic heterocycles. The lowest BCUT2D eigenvalue weighted by Crippen LogP contribution is -2.28. The second kappa shape index (κ2) is 6.58. The molecule has 0 aromatic carbocycles. The molecule has 0 aliphatic rings. The zero-order valence-electron chi connectivity index (χ0n) is 13.3. The highest BCUT2D eigenvalue weighted by Crippen LogP contribution is 2.19. The summed E-state index contributed by atoms with van der Waals surface area (Å²) in [5.74, 6) is 0.0316. The minimum absolute atomic E-state index is 0.0930. The van der Waals surface area contributed by atoms with E-state index in [-0.39, 0.29) is 18.0 Å². The Morgan fingerprint density at radius 2 is 2.30 bits per heavy atom.